The number of aromatic nitrogens is 5. The van der Waals surface area contributed by atoms with Crippen LogP contribution in [0.15, 0.2) is 24.5 Å². The lowest BCUT2D eigenvalue weighted by Gasteiger charge is -2.61. The number of ether oxygens (including phenoxy) is 2. The fourth-order valence-corrected chi connectivity index (χ4v) is 4.76. The number of hydrogen-bond donors (Lipinski definition) is 3. The summed E-state index contributed by atoms with van der Waals surface area (Å²) in [5.74, 6) is 1.78. The number of alkyl carbamates (subject to hydrolysis) is 1. The summed E-state index contributed by atoms with van der Waals surface area (Å²) in [6.45, 7) is 1.89. The fourth-order valence-electron chi connectivity index (χ4n) is 4.76. The standard InChI is InChI=1S/C20H22FN7O3/c1-10-4-13-18(22-2-3-28(13)27-10)23-15-5-12(25-26-15)17-16(21)14(9-30-17)31-19(29)24-20-6-11(7-20)8-20/h2-5,11,14,16-17H,6-9H2,1H3,(H,24,29)(H2,22,23,25,26)/t11?,14-,16+,17-,20?/m0/s1. The van der Waals surface area contributed by atoms with Gasteiger partial charge in [0, 0.05) is 24.0 Å². The van der Waals surface area contributed by atoms with Gasteiger partial charge in [-0.05, 0) is 38.2 Å². The van der Waals surface area contributed by atoms with Gasteiger partial charge in [-0.2, -0.15) is 10.2 Å². The highest BCUT2D eigenvalue weighted by atomic mass is 19.1. The number of alkyl halides is 1. The van der Waals surface area contributed by atoms with Gasteiger partial charge in [-0.25, -0.2) is 18.7 Å². The van der Waals surface area contributed by atoms with Gasteiger partial charge in [-0.15, -0.1) is 0 Å². The molecule has 3 saturated carbocycles. The molecule has 7 rings (SSSR count). The van der Waals surface area contributed by atoms with Crippen molar-refractivity contribution in [2.24, 2.45) is 5.92 Å². The molecule has 3 N–H and O–H groups in total. The molecule has 3 aromatic heterocycles. The first-order valence-electron chi connectivity index (χ1n) is 10.4. The predicted octanol–water partition coefficient (Wildman–Crippen LogP) is 2.56. The Morgan fingerprint density at radius 2 is 2.23 bits per heavy atom. The smallest absolute Gasteiger partial charge is 0.408 e. The number of hydrogen-bond acceptors (Lipinski definition) is 7. The minimum Gasteiger partial charge on any atom is -0.441 e. The first-order valence-corrected chi connectivity index (χ1v) is 10.4. The number of amides is 1. The monoisotopic (exact) mass is 427 g/mol. The average molecular weight is 427 g/mol. The third-order valence-corrected chi connectivity index (χ3v) is 6.41. The Morgan fingerprint density at radius 3 is 3.00 bits per heavy atom. The van der Waals surface area contributed by atoms with Crippen molar-refractivity contribution in [3.8, 4) is 0 Å². The highest BCUT2D eigenvalue weighted by molar-refractivity contribution is 5.72. The first kappa shape index (κ1) is 18.6. The van der Waals surface area contributed by atoms with Crippen LogP contribution in [-0.2, 0) is 9.47 Å². The SMILES string of the molecule is Cc1cc2c(Nc3cc([C@@H]4OC[C@H](OC(=O)NC56CC(C5)C6)[C@H]4F)[nH]n3)nccn2n1. The minimum atomic E-state index is -1.49. The normalized spacial score (nSPS) is 31.2. The zero-order chi connectivity index (χ0) is 21.2. The molecule has 1 saturated heterocycles. The van der Waals surface area contributed by atoms with Crippen LogP contribution in [0.2, 0.25) is 0 Å². The van der Waals surface area contributed by atoms with Crippen molar-refractivity contribution >= 4 is 23.2 Å². The van der Waals surface area contributed by atoms with Crippen LogP contribution >= 0.6 is 0 Å². The number of aryl methyl sites for hydroxylation is 1. The van der Waals surface area contributed by atoms with Crippen molar-refractivity contribution in [3.05, 3.63) is 35.9 Å². The maximum absolute atomic E-state index is 15.0. The van der Waals surface area contributed by atoms with Crippen molar-refractivity contribution in [1.29, 1.82) is 0 Å². The van der Waals surface area contributed by atoms with Crippen molar-refractivity contribution in [3.63, 3.8) is 0 Å². The van der Waals surface area contributed by atoms with Crippen LogP contribution in [-0.4, -0.2) is 55.3 Å². The van der Waals surface area contributed by atoms with Gasteiger partial charge in [0.1, 0.15) is 11.6 Å². The molecule has 4 aliphatic rings. The lowest BCUT2D eigenvalue weighted by molar-refractivity contribution is -0.0528. The fraction of sp³-hybridized carbons (Fsp3) is 0.500. The summed E-state index contributed by atoms with van der Waals surface area (Å²) < 4.78 is 27.6. The van der Waals surface area contributed by atoms with E-state index in [1.807, 2.05) is 13.0 Å². The maximum atomic E-state index is 15.0. The molecular weight excluding hydrogens is 405 g/mol. The summed E-state index contributed by atoms with van der Waals surface area (Å²) in [4.78, 5) is 16.5. The number of rotatable bonds is 5. The molecule has 3 atom stereocenters. The van der Waals surface area contributed by atoms with E-state index in [4.69, 9.17) is 9.47 Å². The van der Waals surface area contributed by atoms with Gasteiger partial charge in [0.05, 0.1) is 18.0 Å². The number of halogens is 1. The maximum Gasteiger partial charge on any atom is 0.408 e. The zero-order valence-corrected chi connectivity index (χ0v) is 16.8. The van der Waals surface area contributed by atoms with E-state index in [-0.39, 0.29) is 12.1 Å². The number of carbonyl (C=O) groups excluding carboxylic acids is 1. The van der Waals surface area contributed by atoms with E-state index in [9.17, 15) is 9.18 Å². The molecule has 1 aliphatic heterocycles. The summed E-state index contributed by atoms with van der Waals surface area (Å²) in [5, 5.41) is 17.3. The molecule has 1 amide bonds. The topological polar surface area (TPSA) is 118 Å². The van der Waals surface area contributed by atoms with Crippen LogP contribution in [0.4, 0.5) is 20.8 Å². The van der Waals surface area contributed by atoms with Gasteiger partial charge in [-0.1, -0.05) is 0 Å². The molecule has 162 valence electrons. The average Bonchev–Trinajstić information content (AvgIpc) is 3.37. The van der Waals surface area contributed by atoms with Crippen LogP contribution in [0.1, 0.15) is 36.8 Å². The highest BCUT2D eigenvalue weighted by Gasteiger charge is 2.58. The molecule has 0 radical (unpaired) electrons. The molecule has 0 unspecified atom stereocenters. The number of nitrogens with one attached hydrogen (secondary N) is 3. The van der Waals surface area contributed by atoms with Crippen LogP contribution in [0, 0.1) is 12.8 Å². The largest absolute Gasteiger partial charge is 0.441 e. The Labute approximate surface area is 176 Å². The van der Waals surface area contributed by atoms with Gasteiger partial charge in [-0.3, -0.25) is 5.10 Å². The van der Waals surface area contributed by atoms with E-state index in [1.54, 1.807) is 23.0 Å². The van der Waals surface area contributed by atoms with Crippen molar-refractivity contribution in [2.75, 3.05) is 11.9 Å². The summed E-state index contributed by atoms with van der Waals surface area (Å²) >= 11 is 0. The number of fused-ring (bicyclic) bond motifs is 1. The second-order valence-corrected chi connectivity index (χ2v) is 8.75. The minimum absolute atomic E-state index is 0.00732. The first-order chi connectivity index (χ1) is 15.0. The second kappa shape index (κ2) is 6.64. The van der Waals surface area contributed by atoms with Gasteiger partial charge in [0.25, 0.3) is 0 Å². The van der Waals surface area contributed by atoms with Crippen molar-refractivity contribution < 1.29 is 18.7 Å². The number of nitrogens with zero attached hydrogens (tertiary/aromatic N) is 4. The van der Waals surface area contributed by atoms with E-state index in [0.717, 1.165) is 36.4 Å². The van der Waals surface area contributed by atoms with Gasteiger partial charge in [0.2, 0.25) is 0 Å². The van der Waals surface area contributed by atoms with E-state index in [0.29, 0.717) is 17.3 Å². The Bertz CT molecular complexity index is 1140. The summed E-state index contributed by atoms with van der Waals surface area (Å²) in [6.07, 6.45) is 2.46. The summed E-state index contributed by atoms with van der Waals surface area (Å²) in [6, 6.07) is 3.57. The summed E-state index contributed by atoms with van der Waals surface area (Å²) in [7, 11) is 0. The quantitative estimate of drug-likeness (QED) is 0.573. The highest BCUT2D eigenvalue weighted by Crippen LogP contribution is 2.57. The number of anilines is 2. The number of aromatic amines is 1. The number of carbonyl (C=O) groups is 1. The Hall–Kier alpha value is -3.21. The third kappa shape index (κ3) is 3.11. The van der Waals surface area contributed by atoms with E-state index in [1.165, 1.54) is 0 Å². The lowest BCUT2D eigenvalue weighted by Crippen LogP contribution is -2.68. The molecule has 3 aromatic rings. The van der Waals surface area contributed by atoms with Crippen LogP contribution in [0.25, 0.3) is 5.52 Å². The van der Waals surface area contributed by atoms with Gasteiger partial charge < -0.3 is 20.1 Å². The molecule has 0 spiro atoms. The summed E-state index contributed by atoms with van der Waals surface area (Å²) in [5.41, 5.74) is 2.01. The zero-order valence-electron chi connectivity index (χ0n) is 16.8. The molecule has 4 heterocycles. The molecule has 10 nitrogen and oxygen atoms in total. The molecular formula is C20H22FN7O3. The predicted molar refractivity (Wildman–Crippen MR) is 107 cm³/mol. The van der Waals surface area contributed by atoms with Gasteiger partial charge >= 0.3 is 6.09 Å². The van der Waals surface area contributed by atoms with E-state index >= 15 is 0 Å². The van der Waals surface area contributed by atoms with Crippen molar-refractivity contribution in [1.82, 2.24) is 30.1 Å². The lowest BCUT2D eigenvalue weighted by atomic mass is 9.50. The molecule has 2 bridgehead atoms. The molecule has 11 heteroatoms. The molecule has 0 aromatic carbocycles. The molecule has 31 heavy (non-hydrogen) atoms. The molecule has 4 fully saturated rings. The van der Waals surface area contributed by atoms with Crippen LogP contribution in [0.3, 0.4) is 0 Å². The second-order valence-electron chi connectivity index (χ2n) is 8.75. The van der Waals surface area contributed by atoms with Gasteiger partial charge in [0.15, 0.2) is 23.9 Å². The Kier molecular flexibility index (Phi) is 3.98. The molecule has 3 aliphatic carbocycles. The van der Waals surface area contributed by atoms with E-state index < -0.39 is 24.5 Å². The van der Waals surface area contributed by atoms with Crippen LogP contribution in [0.5, 0.6) is 0 Å². The number of H-pyrrole nitrogens is 1. The van der Waals surface area contributed by atoms with E-state index in [2.05, 4.69) is 30.9 Å². The van der Waals surface area contributed by atoms with Crippen molar-refractivity contribution in [2.45, 2.75) is 50.1 Å². The Balaban J connectivity index is 1.11. The van der Waals surface area contributed by atoms with Crippen LogP contribution < -0.4 is 10.6 Å². The third-order valence-electron chi connectivity index (χ3n) is 6.41. The Morgan fingerprint density at radius 1 is 1.39 bits per heavy atom.